The van der Waals surface area contributed by atoms with Crippen LogP contribution in [0.25, 0.3) is 0 Å². The number of hydrogen-bond acceptors (Lipinski definition) is 3. The molecule has 2 heterocycles. The monoisotopic (exact) mass is 480 g/mol. The summed E-state index contributed by atoms with van der Waals surface area (Å²) in [6, 6.07) is 10.3. The minimum Gasteiger partial charge on any atom is -0.387 e. The molecule has 2 saturated carbocycles. The highest BCUT2D eigenvalue weighted by Gasteiger charge is 2.57. The minimum absolute atomic E-state index is 0.0644. The maximum absolute atomic E-state index is 13.5. The molecule has 35 heavy (non-hydrogen) atoms. The Morgan fingerprint density at radius 3 is 2.49 bits per heavy atom. The van der Waals surface area contributed by atoms with Gasteiger partial charge in [-0.2, -0.15) is 0 Å². The number of amides is 2. The van der Waals surface area contributed by atoms with Crippen LogP contribution < -0.4 is 0 Å². The number of piperidine rings is 1. The summed E-state index contributed by atoms with van der Waals surface area (Å²) in [4.78, 5) is 30.5. The number of hydrogen-bond donors (Lipinski definition) is 1. The van der Waals surface area contributed by atoms with Gasteiger partial charge >= 0.3 is 0 Å². The van der Waals surface area contributed by atoms with E-state index in [1.54, 1.807) is 0 Å². The molecule has 1 N–H and O–H groups in total. The number of benzene rings is 1. The van der Waals surface area contributed by atoms with E-state index in [2.05, 4.69) is 24.0 Å². The van der Waals surface area contributed by atoms with Gasteiger partial charge in [0.25, 0.3) is 0 Å². The molecule has 1 aromatic carbocycles. The molecule has 2 amide bonds. The second-order valence-corrected chi connectivity index (χ2v) is 12.3. The first kappa shape index (κ1) is 24.8. The minimum atomic E-state index is -0.909. The Kier molecular flexibility index (Phi) is 7.25. The van der Waals surface area contributed by atoms with E-state index in [4.69, 9.17) is 0 Å². The number of aliphatic hydroxyl groups is 1. The Labute approximate surface area is 211 Å². The van der Waals surface area contributed by atoms with Crippen molar-refractivity contribution in [3.63, 3.8) is 0 Å². The third-order valence-corrected chi connectivity index (χ3v) is 9.92. The standard InChI is InChI=1S/C30H44N2O3/c1-23(18-24-10-4-2-5-11-24)28(34)31-17-16-30(35,29(21-31)14-8-9-15-29)22-32-20-26(19-27(32)33)25-12-6-3-7-13-25/h3,6-7,12-13,23-24,26,35H,2,4-5,8-11,14-22H2,1H3/t23-,26-,30+/m0/s1. The number of β-amino-alcohol motifs (C(OH)–C–C–N with tert-alkyl or cyclic N) is 1. The van der Waals surface area contributed by atoms with Gasteiger partial charge in [0.1, 0.15) is 0 Å². The summed E-state index contributed by atoms with van der Waals surface area (Å²) in [5, 5.41) is 12.1. The summed E-state index contributed by atoms with van der Waals surface area (Å²) in [6.07, 6.45) is 12.7. The molecule has 0 radical (unpaired) electrons. The van der Waals surface area contributed by atoms with E-state index in [1.807, 2.05) is 23.1 Å². The molecule has 5 heteroatoms. The third-order valence-electron chi connectivity index (χ3n) is 9.92. The Hall–Kier alpha value is -1.88. The Balaban J connectivity index is 1.25. The molecule has 1 spiro atoms. The van der Waals surface area contributed by atoms with Gasteiger partial charge in [-0.05, 0) is 37.2 Å². The first-order valence-electron chi connectivity index (χ1n) is 14.2. The van der Waals surface area contributed by atoms with Crippen molar-refractivity contribution in [2.75, 3.05) is 26.2 Å². The number of likely N-dealkylation sites (tertiary alicyclic amines) is 2. The van der Waals surface area contributed by atoms with Gasteiger partial charge in [0.2, 0.25) is 11.8 Å². The molecule has 4 fully saturated rings. The van der Waals surface area contributed by atoms with Crippen molar-refractivity contribution in [1.29, 1.82) is 0 Å². The predicted octanol–water partition coefficient (Wildman–Crippen LogP) is 5.13. The van der Waals surface area contributed by atoms with Gasteiger partial charge in [-0.3, -0.25) is 9.59 Å². The van der Waals surface area contributed by atoms with Crippen molar-refractivity contribution < 1.29 is 14.7 Å². The first-order valence-corrected chi connectivity index (χ1v) is 14.2. The SMILES string of the molecule is C[C@@H](CC1CCCCC1)C(=O)N1CC[C@@](O)(CN2C[C@@H](c3ccccc3)CC2=O)C2(CCCC2)C1. The molecular formula is C30H44N2O3. The molecule has 0 unspecified atom stereocenters. The lowest BCUT2D eigenvalue weighted by Gasteiger charge is -2.53. The van der Waals surface area contributed by atoms with Crippen molar-refractivity contribution >= 4 is 11.8 Å². The van der Waals surface area contributed by atoms with Crippen molar-refractivity contribution in [1.82, 2.24) is 9.80 Å². The van der Waals surface area contributed by atoms with Crippen LogP contribution in [0.3, 0.4) is 0 Å². The zero-order valence-corrected chi connectivity index (χ0v) is 21.6. The highest BCUT2D eigenvalue weighted by molar-refractivity contribution is 5.80. The fraction of sp³-hybridized carbons (Fsp3) is 0.733. The summed E-state index contributed by atoms with van der Waals surface area (Å²) in [6.45, 7) is 4.47. The van der Waals surface area contributed by atoms with Crippen LogP contribution in [-0.2, 0) is 9.59 Å². The average molecular weight is 481 g/mol. The van der Waals surface area contributed by atoms with Crippen LogP contribution in [-0.4, -0.2) is 58.5 Å². The van der Waals surface area contributed by atoms with Gasteiger partial charge in [-0.1, -0.05) is 82.2 Å². The lowest BCUT2D eigenvalue weighted by atomic mass is 9.65. The summed E-state index contributed by atoms with van der Waals surface area (Å²) in [5.74, 6) is 1.40. The highest BCUT2D eigenvalue weighted by Crippen LogP contribution is 2.52. The smallest absolute Gasteiger partial charge is 0.225 e. The van der Waals surface area contributed by atoms with E-state index < -0.39 is 5.60 Å². The fourth-order valence-corrected chi connectivity index (χ4v) is 7.81. The van der Waals surface area contributed by atoms with Gasteiger partial charge in [-0.25, -0.2) is 0 Å². The molecule has 3 atom stereocenters. The maximum Gasteiger partial charge on any atom is 0.225 e. The van der Waals surface area contributed by atoms with Crippen molar-refractivity contribution in [2.24, 2.45) is 17.3 Å². The van der Waals surface area contributed by atoms with Crippen LogP contribution in [0.15, 0.2) is 30.3 Å². The van der Waals surface area contributed by atoms with Gasteiger partial charge in [-0.15, -0.1) is 0 Å². The van der Waals surface area contributed by atoms with Gasteiger partial charge in [0, 0.05) is 43.3 Å². The summed E-state index contributed by atoms with van der Waals surface area (Å²) < 4.78 is 0. The summed E-state index contributed by atoms with van der Waals surface area (Å²) in [5.41, 5.74) is 0.0170. The van der Waals surface area contributed by atoms with E-state index in [0.717, 1.165) is 32.1 Å². The Morgan fingerprint density at radius 1 is 1.06 bits per heavy atom. The van der Waals surface area contributed by atoms with E-state index in [9.17, 15) is 14.7 Å². The quantitative estimate of drug-likeness (QED) is 0.614. The van der Waals surface area contributed by atoms with Crippen LogP contribution in [0.2, 0.25) is 0 Å². The van der Waals surface area contributed by atoms with Crippen LogP contribution in [0.4, 0.5) is 0 Å². The number of nitrogens with zero attached hydrogens (tertiary/aromatic N) is 2. The van der Waals surface area contributed by atoms with E-state index >= 15 is 0 Å². The van der Waals surface area contributed by atoms with Gasteiger partial charge in [0.15, 0.2) is 0 Å². The van der Waals surface area contributed by atoms with Crippen LogP contribution >= 0.6 is 0 Å². The molecule has 2 saturated heterocycles. The molecule has 5 rings (SSSR count). The number of carbonyl (C=O) groups is 2. The molecule has 0 bridgehead atoms. The molecule has 2 aliphatic heterocycles. The molecule has 2 aliphatic carbocycles. The van der Waals surface area contributed by atoms with E-state index in [0.29, 0.717) is 44.9 Å². The molecule has 4 aliphatic rings. The Bertz CT molecular complexity index is 890. The average Bonchev–Trinajstić information content (AvgIpc) is 3.49. The van der Waals surface area contributed by atoms with Gasteiger partial charge in [0.05, 0.1) is 12.1 Å². The third kappa shape index (κ3) is 5.03. The van der Waals surface area contributed by atoms with Gasteiger partial charge < -0.3 is 14.9 Å². The van der Waals surface area contributed by atoms with Crippen molar-refractivity contribution in [3.05, 3.63) is 35.9 Å². The van der Waals surface area contributed by atoms with Crippen molar-refractivity contribution in [3.8, 4) is 0 Å². The lowest BCUT2D eigenvalue weighted by molar-refractivity contribution is -0.167. The number of carbonyl (C=O) groups excluding carboxylic acids is 2. The highest BCUT2D eigenvalue weighted by atomic mass is 16.3. The molecular weight excluding hydrogens is 436 g/mol. The number of rotatable bonds is 6. The Morgan fingerprint density at radius 2 is 1.77 bits per heavy atom. The maximum atomic E-state index is 13.5. The molecule has 1 aromatic rings. The first-order chi connectivity index (χ1) is 16.9. The van der Waals surface area contributed by atoms with Crippen LogP contribution in [0, 0.1) is 17.3 Å². The normalized spacial score (nSPS) is 30.2. The summed E-state index contributed by atoms with van der Waals surface area (Å²) >= 11 is 0. The van der Waals surface area contributed by atoms with Crippen LogP contribution in [0.5, 0.6) is 0 Å². The fourth-order valence-electron chi connectivity index (χ4n) is 7.81. The molecule has 192 valence electrons. The lowest BCUT2D eigenvalue weighted by Crippen LogP contribution is -2.64. The largest absolute Gasteiger partial charge is 0.387 e. The zero-order chi connectivity index (χ0) is 24.5. The predicted molar refractivity (Wildman–Crippen MR) is 138 cm³/mol. The van der Waals surface area contributed by atoms with Crippen molar-refractivity contribution in [2.45, 2.75) is 95.5 Å². The topological polar surface area (TPSA) is 60.9 Å². The van der Waals surface area contributed by atoms with E-state index in [1.165, 1.54) is 37.7 Å². The second-order valence-electron chi connectivity index (χ2n) is 12.3. The molecule has 5 nitrogen and oxygen atoms in total. The second kappa shape index (κ2) is 10.2. The van der Waals surface area contributed by atoms with Crippen LogP contribution in [0.1, 0.15) is 95.5 Å². The summed E-state index contributed by atoms with van der Waals surface area (Å²) in [7, 11) is 0. The van der Waals surface area contributed by atoms with E-state index in [-0.39, 0.29) is 29.1 Å². The zero-order valence-electron chi connectivity index (χ0n) is 21.6. The molecule has 0 aromatic heterocycles.